The van der Waals surface area contributed by atoms with E-state index in [1.54, 1.807) is 26.0 Å². The number of carbonyl (C=O) groups is 2. The van der Waals surface area contributed by atoms with E-state index in [1.165, 1.54) is 0 Å². The van der Waals surface area contributed by atoms with Crippen molar-refractivity contribution in [2.24, 2.45) is 5.92 Å². The maximum Gasteiger partial charge on any atom is 0.407 e. The summed E-state index contributed by atoms with van der Waals surface area (Å²) in [4.78, 5) is 26.2. The highest BCUT2D eigenvalue weighted by Crippen LogP contribution is 2.33. The van der Waals surface area contributed by atoms with Crippen LogP contribution >= 0.6 is 0 Å². The number of hydrogen-bond acceptors (Lipinski definition) is 8. The quantitative estimate of drug-likeness (QED) is 0.226. The van der Waals surface area contributed by atoms with Crippen LogP contribution in [0.5, 0.6) is 11.5 Å². The zero-order chi connectivity index (χ0) is 31.8. The van der Waals surface area contributed by atoms with E-state index in [4.69, 9.17) is 18.9 Å². The van der Waals surface area contributed by atoms with Crippen LogP contribution in [-0.4, -0.2) is 72.6 Å². The first-order valence-corrected chi connectivity index (χ1v) is 15.4. The number of benzene rings is 3. The number of aromatic hydroxyl groups is 1. The van der Waals surface area contributed by atoms with E-state index in [9.17, 15) is 19.8 Å². The molecule has 0 saturated carbocycles. The Morgan fingerprint density at radius 1 is 0.933 bits per heavy atom. The normalized spacial score (nSPS) is 20.9. The number of rotatable bonds is 13. The Bertz CT molecular complexity index is 1400. The molecule has 2 saturated heterocycles. The molecule has 2 unspecified atom stereocenters. The summed E-state index contributed by atoms with van der Waals surface area (Å²) in [5.74, 6) is 0.317. The van der Waals surface area contributed by atoms with Crippen LogP contribution in [0.25, 0.3) is 0 Å². The summed E-state index contributed by atoms with van der Waals surface area (Å²) in [6, 6.07) is 21.3. The van der Waals surface area contributed by atoms with Crippen LogP contribution in [0.2, 0.25) is 0 Å². The van der Waals surface area contributed by atoms with Crippen LogP contribution < -0.4 is 15.4 Å². The van der Waals surface area contributed by atoms with Gasteiger partial charge in [-0.2, -0.15) is 0 Å². The molecule has 2 aliphatic rings. The summed E-state index contributed by atoms with van der Waals surface area (Å²) in [5.41, 5.74) is 3.37. The number of alkyl carbamates (subject to hydrolysis) is 1. The van der Waals surface area contributed by atoms with Crippen molar-refractivity contribution in [1.82, 2.24) is 10.6 Å². The summed E-state index contributed by atoms with van der Waals surface area (Å²) in [6.07, 6.45) is -0.659. The van der Waals surface area contributed by atoms with Gasteiger partial charge in [0.2, 0.25) is 0 Å². The molecule has 10 nitrogen and oxygen atoms in total. The number of aliphatic hydroxyl groups is 1. The monoisotopic (exact) mass is 618 g/mol. The number of phenols is 1. The third-order valence-corrected chi connectivity index (χ3v) is 8.32. The average molecular weight is 619 g/mol. The molecule has 0 radical (unpaired) electrons. The van der Waals surface area contributed by atoms with Gasteiger partial charge in [-0.3, -0.25) is 4.79 Å². The third kappa shape index (κ3) is 8.97. The minimum Gasteiger partial charge on any atom is -0.508 e. The summed E-state index contributed by atoms with van der Waals surface area (Å²) in [6.45, 7) is 4.21. The van der Waals surface area contributed by atoms with Gasteiger partial charge in [0.15, 0.2) is 12.9 Å². The Labute approximate surface area is 263 Å². The maximum absolute atomic E-state index is 13.1. The first-order valence-electron chi connectivity index (χ1n) is 15.4. The van der Waals surface area contributed by atoms with Gasteiger partial charge in [0.05, 0.1) is 31.3 Å². The Hall–Kier alpha value is -4.12. The van der Waals surface area contributed by atoms with Gasteiger partial charge in [-0.05, 0) is 73.9 Å². The molecule has 2 fully saturated rings. The molecule has 3 aromatic rings. The summed E-state index contributed by atoms with van der Waals surface area (Å²) < 4.78 is 22.7. The molecule has 0 aliphatic carbocycles. The van der Waals surface area contributed by atoms with Crippen LogP contribution in [0.3, 0.4) is 0 Å². The molecule has 0 aromatic heterocycles. The Balaban J connectivity index is 1.26. The maximum atomic E-state index is 13.1. The van der Waals surface area contributed by atoms with Gasteiger partial charge < -0.3 is 39.8 Å². The van der Waals surface area contributed by atoms with Crippen molar-refractivity contribution in [3.05, 3.63) is 95.1 Å². The number of nitrogens with one attached hydrogen (secondary N) is 2. The number of phenolic OH excluding ortho intramolecular Hbond substituents is 1. The molecule has 0 bridgehead atoms. The molecule has 240 valence electrons. The SMILES string of the molecule is Cc1cc(O)cc(C)c1OCC(=O)N[C@@H](Cc1ccccc1)C[C@H](O)[C@H](Cc1ccccc1)NC(=O)O[C@H]1COC2OCCC21. The van der Waals surface area contributed by atoms with Crippen LogP contribution in [0.4, 0.5) is 4.79 Å². The van der Waals surface area contributed by atoms with Gasteiger partial charge in [-0.1, -0.05) is 60.7 Å². The van der Waals surface area contributed by atoms with Crippen LogP contribution in [0.1, 0.15) is 35.1 Å². The molecule has 45 heavy (non-hydrogen) atoms. The second-order valence-electron chi connectivity index (χ2n) is 11.9. The Morgan fingerprint density at radius 2 is 1.58 bits per heavy atom. The zero-order valence-electron chi connectivity index (χ0n) is 25.7. The minimum absolute atomic E-state index is 0.00455. The van der Waals surface area contributed by atoms with Crippen molar-refractivity contribution in [2.45, 2.75) is 70.1 Å². The molecule has 2 heterocycles. The van der Waals surface area contributed by atoms with Crippen LogP contribution in [-0.2, 0) is 31.8 Å². The average Bonchev–Trinajstić information content (AvgIpc) is 3.62. The molecule has 3 aromatic carbocycles. The highest BCUT2D eigenvalue weighted by atomic mass is 16.7. The van der Waals surface area contributed by atoms with Crippen LogP contribution in [0, 0.1) is 19.8 Å². The molecule has 0 spiro atoms. The molecule has 4 N–H and O–H groups in total. The molecule has 10 heteroatoms. The second kappa shape index (κ2) is 15.2. The lowest BCUT2D eigenvalue weighted by molar-refractivity contribution is -0.124. The van der Waals surface area contributed by atoms with E-state index in [0.717, 1.165) is 28.7 Å². The fourth-order valence-electron chi connectivity index (χ4n) is 6.13. The van der Waals surface area contributed by atoms with Crippen molar-refractivity contribution in [2.75, 3.05) is 19.8 Å². The van der Waals surface area contributed by atoms with Gasteiger partial charge in [0, 0.05) is 6.04 Å². The predicted molar refractivity (Wildman–Crippen MR) is 167 cm³/mol. The fraction of sp³-hybridized carbons (Fsp3) is 0.429. The first kappa shape index (κ1) is 32.3. The van der Waals surface area contributed by atoms with Gasteiger partial charge in [-0.15, -0.1) is 0 Å². The first-order chi connectivity index (χ1) is 21.7. The standard InChI is InChI=1S/C35H42N2O8/c1-22-15-27(38)16-23(2)33(22)43-21-32(40)36-26(17-24-9-5-3-6-10-24)19-30(39)29(18-25-11-7-4-8-12-25)37-35(41)45-31-20-44-34-28(31)13-14-42-34/h3-12,15-16,26,28-31,34,38-39H,13-14,17-21H2,1-2H3,(H,36,40)(H,37,41)/t26-,28?,29-,30-,31-,34?/m0/s1. The van der Waals surface area contributed by atoms with Crippen LogP contribution in [0.15, 0.2) is 72.8 Å². The summed E-state index contributed by atoms with van der Waals surface area (Å²) in [5, 5.41) is 27.3. The number of ether oxygens (including phenoxy) is 4. The topological polar surface area (TPSA) is 136 Å². The highest BCUT2D eigenvalue weighted by molar-refractivity contribution is 5.78. The van der Waals surface area contributed by atoms with Gasteiger partial charge >= 0.3 is 6.09 Å². The van der Waals surface area contributed by atoms with Crippen molar-refractivity contribution >= 4 is 12.0 Å². The zero-order valence-corrected chi connectivity index (χ0v) is 25.7. The van der Waals surface area contributed by atoms with E-state index in [1.807, 2.05) is 60.7 Å². The van der Waals surface area contributed by atoms with Crippen molar-refractivity contribution in [3.8, 4) is 11.5 Å². The largest absolute Gasteiger partial charge is 0.508 e. The lowest BCUT2D eigenvalue weighted by Crippen LogP contribution is -2.50. The molecule has 5 rings (SSSR count). The lowest BCUT2D eigenvalue weighted by atomic mass is 9.93. The molecule has 2 aliphatic heterocycles. The minimum atomic E-state index is -1.02. The number of carbonyl (C=O) groups excluding carboxylic acids is 2. The number of fused-ring (bicyclic) bond motifs is 1. The molecular weight excluding hydrogens is 576 g/mol. The van der Waals surface area contributed by atoms with Crippen molar-refractivity contribution < 1.29 is 38.7 Å². The summed E-state index contributed by atoms with van der Waals surface area (Å²) >= 11 is 0. The van der Waals surface area contributed by atoms with E-state index in [0.29, 0.717) is 25.2 Å². The molecule has 2 amide bonds. The predicted octanol–water partition coefficient (Wildman–Crippen LogP) is 3.97. The second-order valence-corrected chi connectivity index (χ2v) is 11.9. The number of aliphatic hydroxyl groups excluding tert-OH is 1. The highest BCUT2D eigenvalue weighted by Gasteiger charge is 2.44. The third-order valence-electron chi connectivity index (χ3n) is 8.32. The van der Waals surface area contributed by atoms with E-state index in [2.05, 4.69) is 10.6 Å². The Kier molecular flexibility index (Phi) is 10.9. The lowest BCUT2D eigenvalue weighted by Gasteiger charge is -2.29. The van der Waals surface area contributed by atoms with Gasteiger partial charge in [0.25, 0.3) is 5.91 Å². The van der Waals surface area contributed by atoms with Gasteiger partial charge in [-0.25, -0.2) is 4.79 Å². The van der Waals surface area contributed by atoms with E-state index < -0.39 is 30.4 Å². The number of hydrogen-bond donors (Lipinski definition) is 4. The van der Waals surface area contributed by atoms with Gasteiger partial charge in [0.1, 0.15) is 17.6 Å². The van der Waals surface area contributed by atoms with E-state index in [-0.39, 0.29) is 43.5 Å². The van der Waals surface area contributed by atoms with E-state index >= 15 is 0 Å². The number of amides is 2. The fourth-order valence-corrected chi connectivity index (χ4v) is 6.13. The smallest absolute Gasteiger partial charge is 0.407 e. The summed E-state index contributed by atoms with van der Waals surface area (Å²) in [7, 11) is 0. The molecular formula is C35H42N2O8. The Morgan fingerprint density at radius 3 is 2.24 bits per heavy atom. The number of aryl methyl sites for hydroxylation is 2. The van der Waals surface area contributed by atoms with Crippen molar-refractivity contribution in [1.29, 1.82) is 0 Å². The molecule has 6 atom stereocenters. The van der Waals surface area contributed by atoms with Crippen molar-refractivity contribution in [3.63, 3.8) is 0 Å².